The molecule has 0 aliphatic carbocycles. The van der Waals surface area contributed by atoms with Crippen molar-refractivity contribution in [1.29, 1.82) is 0 Å². The lowest BCUT2D eigenvalue weighted by Crippen LogP contribution is -2.11. The summed E-state index contributed by atoms with van der Waals surface area (Å²) >= 11 is 7.54. The highest BCUT2D eigenvalue weighted by Crippen LogP contribution is 2.30. The predicted molar refractivity (Wildman–Crippen MR) is 59.6 cm³/mol. The van der Waals surface area contributed by atoms with Crippen molar-refractivity contribution in [3.8, 4) is 0 Å². The molecule has 0 saturated carbocycles. The van der Waals surface area contributed by atoms with E-state index in [1.165, 1.54) is 0 Å². The minimum absolute atomic E-state index is 0.219. The molecule has 1 atom stereocenters. The Morgan fingerprint density at radius 3 is 2.79 bits per heavy atom. The third kappa shape index (κ3) is 1.80. The van der Waals surface area contributed by atoms with E-state index in [1.807, 2.05) is 29.6 Å². The summed E-state index contributed by atoms with van der Waals surface area (Å²) in [4.78, 5) is 5.16. The lowest BCUT2D eigenvalue weighted by Gasteiger charge is -2.08. The second-order valence-corrected chi connectivity index (χ2v) is 4.22. The molecule has 0 bridgehead atoms. The fourth-order valence-corrected chi connectivity index (χ4v) is 2.41. The van der Waals surface area contributed by atoms with Crippen molar-refractivity contribution in [2.45, 2.75) is 6.04 Å². The Morgan fingerprint density at radius 2 is 2.21 bits per heavy atom. The fourth-order valence-electron chi connectivity index (χ4n) is 1.22. The van der Waals surface area contributed by atoms with Crippen molar-refractivity contribution >= 4 is 22.9 Å². The summed E-state index contributed by atoms with van der Waals surface area (Å²) in [7, 11) is 0. The molecule has 0 saturated heterocycles. The Hall–Kier alpha value is -0.900. The van der Waals surface area contributed by atoms with E-state index in [1.54, 1.807) is 17.5 Å². The van der Waals surface area contributed by atoms with Gasteiger partial charge in [-0.2, -0.15) is 0 Å². The zero-order valence-corrected chi connectivity index (χ0v) is 8.92. The Kier molecular flexibility index (Phi) is 2.82. The smallest absolute Gasteiger partial charge is 0.0835 e. The monoisotopic (exact) mass is 224 g/mol. The summed E-state index contributed by atoms with van der Waals surface area (Å²) in [6, 6.07) is 7.32. The van der Waals surface area contributed by atoms with Crippen LogP contribution in [0.4, 0.5) is 0 Å². The Bertz CT molecular complexity index is 413. The second-order valence-electron chi connectivity index (χ2n) is 2.87. The highest BCUT2D eigenvalue weighted by atomic mass is 35.5. The molecule has 14 heavy (non-hydrogen) atoms. The molecule has 72 valence electrons. The highest BCUT2D eigenvalue weighted by Gasteiger charge is 2.14. The second kappa shape index (κ2) is 4.09. The van der Waals surface area contributed by atoms with E-state index in [0.717, 1.165) is 10.6 Å². The first kappa shape index (κ1) is 9.65. The van der Waals surface area contributed by atoms with Crippen molar-refractivity contribution in [2.75, 3.05) is 0 Å². The van der Waals surface area contributed by atoms with E-state index in [2.05, 4.69) is 4.98 Å². The first-order valence-electron chi connectivity index (χ1n) is 4.18. The van der Waals surface area contributed by atoms with Crippen LogP contribution in [0.1, 0.15) is 16.6 Å². The van der Waals surface area contributed by atoms with Gasteiger partial charge in [0.25, 0.3) is 0 Å². The van der Waals surface area contributed by atoms with Crippen LogP contribution in [0.2, 0.25) is 5.02 Å². The molecule has 0 aromatic carbocycles. The zero-order valence-electron chi connectivity index (χ0n) is 7.35. The number of hydrogen-bond donors (Lipinski definition) is 1. The molecule has 0 fully saturated rings. The van der Waals surface area contributed by atoms with Crippen LogP contribution in [0, 0.1) is 0 Å². The number of nitrogens with two attached hydrogens (primary N) is 1. The lowest BCUT2D eigenvalue weighted by molar-refractivity contribution is 0.847. The molecule has 2 aromatic heterocycles. The van der Waals surface area contributed by atoms with Gasteiger partial charge in [0.15, 0.2) is 0 Å². The molecule has 0 aliphatic heterocycles. The molecule has 0 radical (unpaired) electrons. The van der Waals surface area contributed by atoms with Crippen LogP contribution in [0.15, 0.2) is 35.8 Å². The topological polar surface area (TPSA) is 38.9 Å². The van der Waals surface area contributed by atoms with E-state index < -0.39 is 0 Å². The molecule has 1 unspecified atom stereocenters. The van der Waals surface area contributed by atoms with Crippen molar-refractivity contribution in [3.63, 3.8) is 0 Å². The van der Waals surface area contributed by atoms with Gasteiger partial charge in [-0.15, -0.1) is 11.3 Å². The first-order valence-corrected chi connectivity index (χ1v) is 5.44. The van der Waals surface area contributed by atoms with Gasteiger partial charge in [0, 0.05) is 11.1 Å². The van der Waals surface area contributed by atoms with Crippen LogP contribution in [0.5, 0.6) is 0 Å². The average Bonchev–Trinajstić information content (AvgIpc) is 2.65. The van der Waals surface area contributed by atoms with Gasteiger partial charge in [0.2, 0.25) is 0 Å². The van der Waals surface area contributed by atoms with Gasteiger partial charge in [-0.3, -0.25) is 4.98 Å². The third-order valence-corrected chi connectivity index (χ3v) is 3.38. The number of nitrogens with zero attached hydrogens (tertiary/aromatic N) is 1. The average molecular weight is 225 g/mol. The maximum atomic E-state index is 6.03. The van der Waals surface area contributed by atoms with E-state index in [9.17, 15) is 0 Å². The van der Waals surface area contributed by atoms with Gasteiger partial charge in [-0.25, -0.2) is 0 Å². The first-order chi connectivity index (χ1) is 6.79. The molecular weight excluding hydrogens is 216 g/mol. The Morgan fingerprint density at radius 1 is 1.36 bits per heavy atom. The molecule has 2 N–H and O–H groups in total. The molecule has 2 aromatic rings. The minimum atomic E-state index is -0.219. The van der Waals surface area contributed by atoms with E-state index in [-0.39, 0.29) is 6.04 Å². The Labute approximate surface area is 91.4 Å². The maximum absolute atomic E-state index is 6.03. The molecule has 0 spiro atoms. The summed E-state index contributed by atoms with van der Waals surface area (Å²) in [6.07, 6.45) is 1.73. The number of halogens is 1. The number of aromatic nitrogens is 1. The fraction of sp³-hybridized carbons (Fsp3) is 0.100. The van der Waals surface area contributed by atoms with E-state index in [0.29, 0.717) is 5.02 Å². The van der Waals surface area contributed by atoms with E-state index in [4.69, 9.17) is 17.3 Å². The quantitative estimate of drug-likeness (QED) is 0.852. The lowest BCUT2D eigenvalue weighted by atomic mass is 10.1. The Balaban J connectivity index is 2.34. The molecule has 2 rings (SSSR count). The normalized spacial score (nSPS) is 12.7. The van der Waals surface area contributed by atoms with E-state index >= 15 is 0 Å². The largest absolute Gasteiger partial charge is 0.318 e. The summed E-state index contributed by atoms with van der Waals surface area (Å²) in [5, 5.41) is 2.65. The minimum Gasteiger partial charge on any atom is -0.318 e. The van der Waals surface area contributed by atoms with Crippen LogP contribution in [-0.2, 0) is 0 Å². The van der Waals surface area contributed by atoms with Gasteiger partial charge in [-0.1, -0.05) is 17.7 Å². The van der Waals surface area contributed by atoms with Gasteiger partial charge >= 0.3 is 0 Å². The maximum Gasteiger partial charge on any atom is 0.0835 e. The van der Waals surface area contributed by atoms with Crippen LogP contribution < -0.4 is 5.73 Å². The van der Waals surface area contributed by atoms with Crippen LogP contribution in [0.25, 0.3) is 0 Å². The summed E-state index contributed by atoms with van der Waals surface area (Å²) in [6.45, 7) is 0. The van der Waals surface area contributed by atoms with Crippen LogP contribution in [-0.4, -0.2) is 4.98 Å². The van der Waals surface area contributed by atoms with Crippen molar-refractivity contribution in [2.24, 2.45) is 5.73 Å². The summed E-state index contributed by atoms with van der Waals surface area (Å²) in [5.74, 6) is 0. The van der Waals surface area contributed by atoms with Crippen molar-refractivity contribution < 1.29 is 0 Å². The van der Waals surface area contributed by atoms with Gasteiger partial charge in [0.1, 0.15) is 0 Å². The predicted octanol–water partition coefficient (Wildman–Crippen LogP) is 2.84. The number of thiophene rings is 1. The van der Waals surface area contributed by atoms with Crippen molar-refractivity contribution in [1.82, 2.24) is 4.98 Å². The standard InChI is InChI=1S/C10H9ClN2S/c11-7-4-6-14-10(7)9(12)8-3-1-2-5-13-8/h1-6,9H,12H2. The van der Waals surface area contributed by atoms with Gasteiger partial charge in [-0.05, 0) is 23.6 Å². The third-order valence-electron chi connectivity index (χ3n) is 1.93. The van der Waals surface area contributed by atoms with Crippen molar-refractivity contribution in [3.05, 3.63) is 51.4 Å². The molecule has 0 aliphatic rings. The number of rotatable bonds is 2. The van der Waals surface area contributed by atoms with Gasteiger partial charge < -0.3 is 5.73 Å². The number of hydrogen-bond acceptors (Lipinski definition) is 3. The SMILES string of the molecule is NC(c1ccccn1)c1sccc1Cl. The number of pyridine rings is 1. The van der Waals surface area contributed by atoms with Crippen LogP contribution in [0.3, 0.4) is 0 Å². The molecule has 2 heterocycles. The summed E-state index contributed by atoms with van der Waals surface area (Å²) < 4.78 is 0. The molecular formula is C10H9ClN2S. The molecule has 4 heteroatoms. The summed E-state index contributed by atoms with van der Waals surface area (Å²) in [5.41, 5.74) is 6.87. The molecule has 2 nitrogen and oxygen atoms in total. The zero-order chi connectivity index (χ0) is 9.97. The van der Waals surface area contributed by atoms with Gasteiger partial charge in [0.05, 0.1) is 16.8 Å². The van der Waals surface area contributed by atoms with Crippen LogP contribution >= 0.6 is 22.9 Å². The highest BCUT2D eigenvalue weighted by molar-refractivity contribution is 7.10. The molecule has 0 amide bonds.